The molecule has 4 rings (SSSR count). The van der Waals surface area contributed by atoms with Crippen molar-refractivity contribution >= 4 is 70.7 Å². The number of anilines is 1. The first-order valence-corrected chi connectivity index (χ1v) is 19.4. The van der Waals surface area contributed by atoms with E-state index in [2.05, 4.69) is 78.7 Å². The second-order valence-corrected chi connectivity index (χ2v) is 13.2. The van der Waals surface area contributed by atoms with Gasteiger partial charge in [0.15, 0.2) is 17.0 Å². The Hall–Kier alpha value is -3.50. The minimum atomic E-state index is -1.17. The highest BCUT2D eigenvalue weighted by atomic mass is 127. The molecule has 2 heterocycles. The molecule has 0 fully saturated rings. The molecule has 2 aromatic heterocycles. The number of imidazole rings is 1. The van der Waals surface area contributed by atoms with Gasteiger partial charge in [-0.15, -0.1) is 12.8 Å². The Morgan fingerprint density at radius 1 is 1.06 bits per heavy atom. The largest absolute Gasteiger partial charge is 0.478 e. The van der Waals surface area contributed by atoms with Crippen LogP contribution in [0.1, 0.15) is 61.8 Å². The summed E-state index contributed by atoms with van der Waals surface area (Å²) in [6.07, 6.45) is 11.7. The molecule has 4 aromatic rings. The summed E-state index contributed by atoms with van der Waals surface area (Å²) in [4.78, 5) is 36.0. The zero-order valence-electron chi connectivity index (χ0n) is 28.9. The Morgan fingerprint density at radius 2 is 1.68 bits per heavy atom. The number of nitrogens with zero attached hydrogens (tertiary/aromatic N) is 4. The molecule has 0 spiro atoms. The molecule has 274 valence electrons. The number of carbonyl (C=O) groups is 2. The maximum absolute atomic E-state index is 11.9. The molecule has 0 saturated heterocycles. The van der Waals surface area contributed by atoms with Gasteiger partial charge < -0.3 is 30.1 Å². The van der Waals surface area contributed by atoms with Crippen LogP contribution in [0.3, 0.4) is 0 Å². The van der Waals surface area contributed by atoms with Crippen molar-refractivity contribution in [2.75, 3.05) is 24.7 Å². The lowest BCUT2D eigenvalue weighted by molar-refractivity contribution is -0.0820. The summed E-state index contributed by atoms with van der Waals surface area (Å²) < 4.78 is 13.6. The van der Waals surface area contributed by atoms with Crippen LogP contribution in [0.25, 0.3) is 11.2 Å². The van der Waals surface area contributed by atoms with E-state index in [-0.39, 0.29) is 30.9 Å². The Kier molecular flexibility index (Phi) is 25.3. The number of benzene rings is 2. The van der Waals surface area contributed by atoms with E-state index in [4.69, 9.17) is 31.3 Å². The number of aromatic nitrogens is 4. The molecule has 0 radical (unpaired) electrons. The van der Waals surface area contributed by atoms with E-state index in [9.17, 15) is 14.7 Å². The number of aliphatic hydroxyl groups is 2. The highest BCUT2D eigenvalue weighted by Crippen LogP contribution is 2.24. The molecule has 2 atom stereocenters. The molecular weight excluding hydrogens is 799 g/mol. The number of terminal acetylenes is 1. The third-order valence-corrected chi connectivity index (χ3v) is 6.36. The number of aryl methyl sites for hydroxylation is 1. The number of hydrogen-bond donors (Lipinski definition) is 5. The van der Waals surface area contributed by atoms with Crippen LogP contribution in [0.15, 0.2) is 61.2 Å². The summed E-state index contributed by atoms with van der Waals surface area (Å²) in [6.45, 7) is 9.74. The van der Waals surface area contributed by atoms with E-state index in [1.54, 1.807) is 32.0 Å². The zero-order chi connectivity index (χ0) is 38.1. The minimum absolute atomic E-state index is 0.0473. The number of urea groups is 1. The minimum Gasteiger partial charge on any atom is -0.478 e. The molecule has 2 aromatic carbocycles. The van der Waals surface area contributed by atoms with E-state index in [1.165, 1.54) is 24.9 Å². The van der Waals surface area contributed by atoms with Crippen LogP contribution in [0, 0.1) is 19.8 Å². The van der Waals surface area contributed by atoms with Crippen molar-refractivity contribution in [2.45, 2.75) is 66.3 Å². The first-order valence-electron chi connectivity index (χ1n) is 15.2. The highest BCUT2D eigenvalue weighted by Gasteiger charge is 2.20. The van der Waals surface area contributed by atoms with Gasteiger partial charge in [-0.3, -0.25) is 9.88 Å². The van der Waals surface area contributed by atoms with Crippen LogP contribution in [-0.2, 0) is 16.1 Å². The third kappa shape index (κ3) is 17.9. The van der Waals surface area contributed by atoms with E-state index < -0.39 is 18.5 Å². The van der Waals surface area contributed by atoms with Crippen molar-refractivity contribution in [3.8, 4) is 12.8 Å². The molecule has 2 amide bonds. The van der Waals surface area contributed by atoms with Crippen molar-refractivity contribution in [3.05, 3.63) is 82.9 Å². The number of rotatable bonds is 11. The number of amides is 2. The number of nitrogens with one attached hydrogen (secondary N) is 2. The predicted molar refractivity (Wildman–Crippen MR) is 208 cm³/mol. The lowest BCUT2D eigenvalue weighted by atomic mass is 10.1. The Balaban J connectivity index is 0.00000125. The number of aliphatic hydroxyl groups excluding tert-OH is 1. The number of carboxylic acid groups (broad SMARTS) is 1. The molecule has 0 aliphatic rings. The molecule has 0 aliphatic heterocycles. The SMILES string of the molecule is C#C.CC(O)O.CCNC(=O)Nc1ncnc2c1ncn2C(C)OC(CC)COCc1c(Cl)cccc1C(=O)O.CSI.Cc1ccccc1. The number of aromatic carboxylic acids is 1. The number of fused-ring (bicyclic) bond motifs is 1. The highest BCUT2D eigenvalue weighted by molar-refractivity contribution is 14.2. The number of halogens is 2. The molecule has 16 heteroatoms. The average molecular weight is 845 g/mol. The summed E-state index contributed by atoms with van der Waals surface area (Å²) >= 11 is 8.37. The molecule has 0 bridgehead atoms. The van der Waals surface area contributed by atoms with Crippen LogP contribution in [-0.4, -0.2) is 78.6 Å². The van der Waals surface area contributed by atoms with Crippen LogP contribution in [0.4, 0.5) is 10.6 Å². The van der Waals surface area contributed by atoms with Gasteiger partial charge in [-0.05, 0) is 73.7 Å². The molecule has 0 aliphatic carbocycles. The smallest absolute Gasteiger partial charge is 0.336 e. The van der Waals surface area contributed by atoms with Gasteiger partial charge in [0.2, 0.25) is 0 Å². The predicted octanol–water partition coefficient (Wildman–Crippen LogP) is 7.11. The fourth-order valence-electron chi connectivity index (χ4n) is 3.85. The maximum atomic E-state index is 11.9. The lowest BCUT2D eigenvalue weighted by Crippen LogP contribution is -2.28. The number of ether oxygens (including phenoxy) is 2. The van der Waals surface area contributed by atoms with E-state index in [0.29, 0.717) is 40.5 Å². The van der Waals surface area contributed by atoms with Gasteiger partial charge in [0, 0.05) is 17.1 Å². The summed E-state index contributed by atoms with van der Waals surface area (Å²) in [5, 5.41) is 30.2. The average Bonchev–Trinajstić information content (AvgIpc) is 3.52. The normalized spacial score (nSPS) is 11.1. The third-order valence-electron chi connectivity index (χ3n) is 6.00. The van der Waals surface area contributed by atoms with Gasteiger partial charge in [0.25, 0.3) is 0 Å². The molecular formula is C34H46ClIN6O7S. The van der Waals surface area contributed by atoms with Gasteiger partial charge in [-0.1, -0.05) is 69.4 Å². The standard InChI is InChI=1S/C22H27ClN6O5.C7H8.C2H6O2.C2H2.CH3IS/c1-4-14(9-33-10-16-15(21(30)31)7-6-8-17(16)23)34-13(3)29-12-27-18-19(25-11-26-20(18)29)28-22(32)24-5-2;1-7-5-3-2-4-6-7;1-2(3)4;1-2;1-3-2/h6-8,11-14H,4-5,9-10H2,1-3H3,(H,30,31)(H2,24,25,26,28,32);2-6H,1H3;2-4H,1H3;1-2H;1H3. The molecule has 50 heavy (non-hydrogen) atoms. The second-order valence-electron chi connectivity index (χ2n) is 9.82. The summed E-state index contributed by atoms with van der Waals surface area (Å²) in [5.41, 5.74) is 2.80. The number of hydrogen-bond acceptors (Lipinski definition) is 10. The number of carbonyl (C=O) groups excluding carboxylic acids is 1. The van der Waals surface area contributed by atoms with Crippen LogP contribution in [0.2, 0.25) is 5.02 Å². The molecule has 5 N–H and O–H groups in total. The van der Waals surface area contributed by atoms with E-state index in [1.807, 2.05) is 45.2 Å². The monoisotopic (exact) mass is 844 g/mol. The van der Waals surface area contributed by atoms with Crippen LogP contribution >= 0.6 is 41.7 Å². The lowest BCUT2D eigenvalue weighted by Gasteiger charge is -2.22. The quantitative estimate of drug-likeness (QED) is 0.0590. The molecule has 13 nitrogen and oxygen atoms in total. The van der Waals surface area contributed by atoms with Gasteiger partial charge in [0.05, 0.1) is 31.2 Å². The first kappa shape index (κ1) is 46.5. The fourth-order valence-corrected chi connectivity index (χ4v) is 4.08. The summed E-state index contributed by atoms with van der Waals surface area (Å²) in [5.74, 6) is -0.765. The van der Waals surface area contributed by atoms with Crippen molar-refractivity contribution in [1.29, 1.82) is 0 Å². The van der Waals surface area contributed by atoms with Crippen molar-refractivity contribution in [1.82, 2.24) is 24.8 Å². The van der Waals surface area contributed by atoms with Gasteiger partial charge in [0.1, 0.15) is 18.8 Å². The van der Waals surface area contributed by atoms with Crippen molar-refractivity contribution in [3.63, 3.8) is 0 Å². The van der Waals surface area contributed by atoms with E-state index in [0.717, 1.165) is 0 Å². The summed E-state index contributed by atoms with van der Waals surface area (Å²) in [7, 11) is 1.72. The Morgan fingerprint density at radius 3 is 2.20 bits per heavy atom. The topological polar surface area (TPSA) is 181 Å². The molecule has 0 saturated carbocycles. The van der Waals surface area contributed by atoms with Gasteiger partial charge >= 0.3 is 12.0 Å². The number of carboxylic acids is 1. The van der Waals surface area contributed by atoms with E-state index >= 15 is 0 Å². The first-order chi connectivity index (χ1) is 23.9. The van der Waals surface area contributed by atoms with Crippen LogP contribution < -0.4 is 10.6 Å². The summed E-state index contributed by atoms with van der Waals surface area (Å²) in [6, 6.07) is 14.6. The second kappa shape index (κ2) is 27.3. The maximum Gasteiger partial charge on any atom is 0.336 e. The van der Waals surface area contributed by atoms with Crippen molar-refractivity contribution in [2.24, 2.45) is 0 Å². The van der Waals surface area contributed by atoms with Crippen LogP contribution in [0.5, 0.6) is 0 Å². The van der Waals surface area contributed by atoms with Gasteiger partial charge in [-0.2, -0.15) is 0 Å². The molecule has 2 unspecified atom stereocenters. The van der Waals surface area contributed by atoms with Gasteiger partial charge in [-0.25, -0.2) is 24.5 Å². The Labute approximate surface area is 315 Å². The zero-order valence-corrected chi connectivity index (χ0v) is 32.6. The fraction of sp³-hybridized carbons (Fsp3) is 0.382. The van der Waals surface area contributed by atoms with Crippen molar-refractivity contribution < 1.29 is 34.4 Å². The Bertz CT molecular complexity index is 1560.